The number of aromatic nitrogens is 2. The van der Waals surface area contributed by atoms with Crippen molar-refractivity contribution in [3.05, 3.63) is 18.0 Å². The number of hydrogen-bond donors (Lipinski definition) is 2. The molecule has 0 bridgehead atoms. The number of halogens is 2. The summed E-state index contributed by atoms with van der Waals surface area (Å²) in [6.07, 6.45) is 6.71. The van der Waals surface area contributed by atoms with Crippen molar-refractivity contribution in [2.24, 2.45) is 0 Å². The fourth-order valence-corrected chi connectivity index (χ4v) is 1.24. The molecule has 0 aromatic carbocycles. The number of nitrogens with one attached hydrogen (secondary N) is 2. The van der Waals surface area contributed by atoms with Crippen LogP contribution >= 0.6 is 24.0 Å². The Balaban J connectivity index is 0.00000196. The van der Waals surface area contributed by atoms with E-state index in [0.29, 0.717) is 6.54 Å². The van der Waals surface area contributed by atoms with Crippen molar-refractivity contribution in [1.82, 2.24) is 15.5 Å². The van der Waals surface area contributed by atoms with Gasteiger partial charge in [-0.05, 0) is 24.8 Å². The van der Waals surface area contributed by atoms with Crippen LogP contribution in [0.5, 0.6) is 0 Å². The van der Waals surface area contributed by atoms with E-state index in [0.717, 1.165) is 19.3 Å². The number of H-pyrrole nitrogens is 1. The molecular formula is C9H15Cl2N3O. The number of carbonyl (C=O) groups is 1. The van der Waals surface area contributed by atoms with Crippen LogP contribution in [0.15, 0.2) is 12.4 Å². The quantitative estimate of drug-likeness (QED) is 0.595. The summed E-state index contributed by atoms with van der Waals surface area (Å²) in [7, 11) is 0. The normalized spacial score (nSPS) is 9.40. The van der Waals surface area contributed by atoms with E-state index in [9.17, 15) is 4.79 Å². The molecule has 0 aliphatic carbocycles. The minimum Gasteiger partial charge on any atom is -0.355 e. The van der Waals surface area contributed by atoms with Crippen molar-refractivity contribution >= 4 is 29.9 Å². The molecule has 1 aromatic rings. The van der Waals surface area contributed by atoms with Crippen LogP contribution in [0.2, 0.25) is 0 Å². The third-order valence-electron chi connectivity index (χ3n) is 1.89. The molecule has 0 saturated heterocycles. The van der Waals surface area contributed by atoms with Crippen molar-refractivity contribution in [3.8, 4) is 0 Å². The number of carbonyl (C=O) groups excluding carboxylic acids is 1. The Morgan fingerprint density at radius 3 is 2.93 bits per heavy atom. The van der Waals surface area contributed by atoms with Gasteiger partial charge in [-0.25, -0.2) is 0 Å². The Hall–Kier alpha value is -0.740. The van der Waals surface area contributed by atoms with Gasteiger partial charge in [0.05, 0.1) is 6.20 Å². The van der Waals surface area contributed by atoms with Crippen molar-refractivity contribution in [2.45, 2.75) is 19.3 Å². The summed E-state index contributed by atoms with van der Waals surface area (Å²) in [5.41, 5.74) is 1.20. The number of nitrogens with zero attached hydrogens (tertiary/aromatic N) is 1. The molecule has 1 rings (SSSR count). The van der Waals surface area contributed by atoms with Gasteiger partial charge in [-0.3, -0.25) is 9.89 Å². The van der Waals surface area contributed by atoms with Crippen LogP contribution in [-0.4, -0.2) is 28.5 Å². The highest BCUT2D eigenvalue weighted by molar-refractivity contribution is 6.27. The monoisotopic (exact) mass is 251 g/mol. The SMILES string of the molecule is Cl.O=C(CCl)NCCCCc1cn[nH]c1. The minimum atomic E-state index is -0.102. The van der Waals surface area contributed by atoms with Crippen LogP contribution in [0.4, 0.5) is 0 Å². The van der Waals surface area contributed by atoms with Gasteiger partial charge < -0.3 is 5.32 Å². The molecule has 0 aliphatic rings. The van der Waals surface area contributed by atoms with Crippen LogP contribution in [-0.2, 0) is 11.2 Å². The first-order valence-corrected chi connectivity index (χ1v) is 5.16. The lowest BCUT2D eigenvalue weighted by Crippen LogP contribution is -2.25. The summed E-state index contributed by atoms with van der Waals surface area (Å²) in [6, 6.07) is 0. The number of unbranched alkanes of at least 4 members (excludes halogenated alkanes) is 1. The molecule has 0 saturated carbocycles. The zero-order valence-electron chi connectivity index (χ0n) is 8.33. The lowest BCUT2D eigenvalue weighted by atomic mass is 10.1. The van der Waals surface area contributed by atoms with Gasteiger partial charge in [0.1, 0.15) is 5.88 Å². The summed E-state index contributed by atoms with van der Waals surface area (Å²) in [4.78, 5) is 10.7. The second-order valence-electron chi connectivity index (χ2n) is 3.05. The van der Waals surface area contributed by atoms with E-state index in [1.165, 1.54) is 5.56 Å². The molecule has 0 atom stereocenters. The number of aryl methyl sites for hydroxylation is 1. The molecule has 0 aliphatic heterocycles. The van der Waals surface area contributed by atoms with Gasteiger partial charge in [0.25, 0.3) is 0 Å². The minimum absolute atomic E-state index is 0. The zero-order chi connectivity index (χ0) is 10.2. The third-order valence-corrected chi connectivity index (χ3v) is 2.13. The molecule has 2 N–H and O–H groups in total. The first-order chi connectivity index (χ1) is 6.83. The van der Waals surface area contributed by atoms with E-state index in [1.807, 2.05) is 12.4 Å². The maximum Gasteiger partial charge on any atom is 0.234 e. The fraction of sp³-hybridized carbons (Fsp3) is 0.556. The maximum atomic E-state index is 10.7. The van der Waals surface area contributed by atoms with Crippen molar-refractivity contribution in [3.63, 3.8) is 0 Å². The number of alkyl halides is 1. The molecule has 0 fully saturated rings. The van der Waals surface area contributed by atoms with Gasteiger partial charge in [0.15, 0.2) is 0 Å². The molecule has 0 unspecified atom stereocenters. The molecule has 0 spiro atoms. The lowest BCUT2D eigenvalue weighted by molar-refractivity contribution is -0.118. The van der Waals surface area contributed by atoms with Crippen LogP contribution < -0.4 is 5.32 Å². The molecule has 1 amide bonds. The van der Waals surface area contributed by atoms with E-state index in [-0.39, 0.29) is 24.2 Å². The Morgan fingerprint density at radius 1 is 1.53 bits per heavy atom. The predicted molar refractivity (Wildman–Crippen MR) is 62.5 cm³/mol. The summed E-state index contributed by atoms with van der Waals surface area (Å²) >= 11 is 5.32. The largest absolute Gasteiger partial charge is 0.355 e. The highest BCUT2D eigenvalue weighted by atomic mass is 35.5. The Morgan fingerprint density at radius 2 is 2.33 bits per heavy atom. The second kappa shape index (κ2) is 8.56. The number of amides is 1. The lowest BCUT2D eigenvalue weighted by Gasteiger charge is -2.01. The summed E-state index contributed by atoms with van der Waals surface area (Å²) in [5, 5.41) is 9.33. The molecule has 0 radical (unpaired) electrons. The van der Waals surface area contributed by atoms with Crippen molar-refractivity contribution in [1.29, 1.82) is 0 Å². The van der Waals surface area contributed by atoms with Crippen molar-refractivity contribution in [2.75, 3.05) is 12.4 Å². The second-order valence-corrected chi connectivity index (χ2v) is 3.31. The fourth-order valence-electron chi connectivity index (χ4n) is 1.14. The number of hydrogen-bond acceptors (Lipinski definition) is 2. The van der Waals surface area contributed by atoms with E-state index in [1.54, 1.807) is 0 Å². The molecule has 6 heteroatoms. The van der Waals surface area contributed by atoms with Crippen LogP contribution in [0, 0.1) is 0 Å². The summed E-state index contributed by atoms with van der Waals surface area (Å²) in [5.74, 6) is -0.0585. The Bertz CT molecular complexity index is 264. The number of rotatable bonds is 6. The average molecular weight is 252 g/mol. The van der Waals surface area contributed by atoms with Crippen LogP contribution in [0.3, 0.4) is 0 Å². The molecular weight excluding hydrogens is 237 g/mol. The highest BCUT2D eigenvalue weighted by Crippen LogP contribution is 2.00. The first kappa shape index (κ1) is 14.3. The number of aromatic amines is 1. The maximum absolute atomic E-state index is 10.7. The molecule has 86 valence electrons. The van der Waals surface area contributed by atoms with Gasteiger partial charge in [0, 0.05) is 12.7 Å². The Labute approximate surface area is 100 Å². The Kier molecular flexibility index (Phi) is 8.14. The summed E-state index contributed by atoms with van der Waals surface area (Å²) in [6.45, 7) is 0.698. The zero-order valence-corrected chi connectivity index (χ0v) is 9.90. The summed E-state index contributed by atoms with van der Waals surface area (Å²) < 4.78 is 0. The van der Waals surface area contributed by atoms with Gasteiger partial charge >= 0.3 is 0 Å². The van der Waals surface area contributed by atoms with E-state index in [4.69, 9.17) is 11.6 Å². The first-order valence-electron chi connectivity index (χ1n) is 4.63. The van der Waals surface area contributed by atoms with Crippen LogP contribution in [0.1, 0.15) is 18.4 Å². The average Bonchev–Trinajstić information content (AvgIpc) is 2.69. The van der Waals surface area contributed by atoms with Gasteiger partial charge in [0.2, 0.25) is 5.91 Å². The highest BCUT2D eigenvalue weighted by Gasteiger charge is 1.97. The van der Waals surface area contributed by atoms with Crippen molar-refractivity contribution < 1.29 is 4.79 Å². The topological polar surface area (TPSA) is 57.8 Å². The molecule has 4 nitrogen and oxygen atoms in total. The standard InChI is InChI=1S/C9H14ClN3O.ClH/c10-5-9(14)11-4-2-1-3-8-6-12-13-7-8;/h6-7H,1-5H2,(H,11,14)(H,12,13);1H. The van der Waals surface area contributed by atoms with E-state index < -0.39 is 0 Å². The van der Waals surface area contributed by atoms with Gasteiger partial charge in [-0.1, -0.05) is 0 Å². The van der Waals surface area contributed by atoms with E-state index >= 15 is 0 Å². The van der Waals surface area contributed by atoms with E-state index in [2.05, 4.69) is 15.5 Å². The molecule has 1 heterocycles. The molecule has 15 heavy (non-hydrogen) atoms. The van der Waals surface area contributed by atoms with Crippen LogP contribution in [0.25, 0.3) is 0 Å². The van der Waals surface area contributed by atoms with Gasteiger partial charge in [-0.2, -0.15) is 5.10 Å². The van der Waals surface area contributed by atoms with Gasteiger partial charge in [-0.15, -0.1) is 24.0 Å². The predicted octanol–water partition coefficient (Wildman–Crippen LogP) is 1.51. The third kappa shape index (κ3) is 6.36. The molecule has 1 aromatic heterocycles. The smallest absolute Gasteiger partial charge is 0.234 e.